The van der Waals surface area contributed by atoms with Crippen LogP contribution in [0.15, 0.2) is 60.7 Å². The molecule has 0 atom stereocenters. The Morgan fingerprint density at radius 1 is 0.778 bits per heavy atom. The number of nitrogens with zero attached hydrogens (tertiary/aromatic N) is 3. The maximum atomic E-state index is 13.8. The van der Waals surface area contributed by atoms with Crippen molar-refractivity contribution in [3.8, 4) is 10.4 Å². The largest absolute Gasteiger partial charge is 0.416 e. The number of primary amides is 1. The zero-order valence-corrected chi connectivity index (χ0v) is 21.1. The fourth-order valence-electron chi connectivity index (χ4n) is 3.28. The highest BCUT2D eigenvalue weighted by atomic mass is 32.1. The molecule has 11 heteroatoms. The predicted octanol–water partition coefficient (Wildman–Crippen LogP) is 4.53. The van der Waals surface area contributed by atoms with Crippen LogP contribution in [0.3, 0.4) is 0 Å². The summed E-state index contributed by atoms with van der Waals surface area (Å²) in [6, 6.07) is 19.0. The van der Waals surface area contributed by atoms with Gasteiger partial charge >= 0.3 is 12.2 Å². The first kappa shape index (κ1) is 25.0. The highest BCUT2D eigenvalue weighted by Crippen LogP contribution is 2.34. The second-order valence-electron chi connectivity index (χ2n) is 7.85. The van der Waals surface area contributed by atoms with Gasteiger partial charge in [0.15, 0.2) is 0 Å². The Labute approximate surface area is 215 Å². The molecule has 36 heavy (non-hydrogen) atoms. The van der Waals surface area contributed by atoms with E-state index in [0.717, 1.165) is 33.8 Å². The van der Waals surface area contributed by atoms with Crippen LogP contribution in [0.25, 0.3) is 0 Å². The molecule has 0 fully saturated rings. The molecule has 2 heterocycles. The Bertz CT molecular complexity index is 1380. The SMILES string of the molecule is CN(C)C(=O)Oc1nc(Cc2ccccc2)c(C(=O)c2sc(OC(N)=O)nc2Cc2ccccc2)s1. The lowest BCUT2D eigenvalue weighted by Crippen LogP contribution is -2.25. The first-order valence-electron chi connectivity index (χ1n) is 10.8. The van der Waals surface area contributed by atoms with Crippen molar-refractivity contribution in [1.82, 2.24) is 14.9 Å². The van der Waals surface area contributed by atoms with Crippen molar-refractivity contribution in [2.45, 2.75) is 12.8 Å². The molecule has 4 aromatic rings. The monoisotopic (exact) mass is 522 g/mol. The first-order chi connectivity index (χ1) is 17.3. The summed E-state index contributed by atoms with van der Waals surface area (Å²) >= 11 is 1.91. The average molecular weight is 523 g/mol. The van der Waals surface area contributed by atoms with E-state index in [-0.39, 0.29) is 16.2 Å². The number of thiazole rings is 2. The van der Waals surface area contributed by atoms with Crippen LogP contribution in [0.4, 0.5) is 9.59 Å². The normalized spacial score (nSPS) is 10.6. The molecule has 0 bridgehead atoms. The molecule has 184 valence electrons. The van der Waals surface area contributed by atoms with Gasteiger partial charge in [-0.1, -0.05) is 83.3 Å². The van der Waals surface area contributed by atoms with E-state index in [1.807, 2.05) is 60.7 Å². The van der Waals surface area contributed by atoms with Gasteiger partial charge in [-0.2, -0.15) is 0 Å². The van der Waals surface area contributed by atoms with Gasteiger partial charge in [-0.15, -0.1) is 0 Å². The van der Waals surface area contributed by atoms with Gasteiger partial charge in [-0.05, 0) is 11.1 Å². The van der Waals surface area contributed by atoms with E-state index in [9.17, 15) is 14.4 Å². The van der Waals surface area contributed by atoms with Crippen LogP contribution in [0.2, 0.25) is 0 Å². The number of rotatable bonds is 8. The molecule has 9 nitrogen and oxygen atoms in total. The van der Waals surface area contributed by atoms with Crippen molar-refractivity contribution in [3.63, 3.8) is 0 Å². The molecule has 2 amide bonds. The second-order valence-corrected chi connectivity index (χ2v) is 9.77. The highest BCUT2D eigenvalue weighted by molar-refractivity contribution is 7.19. The summed E-state index contributed by atoms with van der Waals surface area (Å²) in [6.07, 6.45) is -0.922. The third kappa shape index (κ3) is 6.12. The number of amides is 2. The van der Waals surface area contributed by atoms with Crippen LogP contribution in [0, 0.1) is 0 Å². The quantitative estimate of drug-likeness (QED) is 0.337. The van der Waals surface area contributed by atoms with Crippen LogP contribution < -0.4 is 15.2 Å². The molecule has 0 aliphatic carbocycles. The van der Waals surface area contributed by atoms with E-state index in [1.54, 1.807) is 14.1 Å². The van der Waals surface area contributed by atoms with Crippen LogP contribution in [-0.2, 0) is 12.8 Å². The van der Waals surface area contributed by atoms with Gasteiger partial charge in [0.1, 0.15) is 9.75 Å². The van der Waals surface area contributed by atoms with Gasteiger partial charge in [0.25, 0.3) is 10.4 Å². The minimum absolute atomic E-state index is 0.0230. The lowest BCUT2D eigenvalue weighted by atomic mass is 10.1. The molecule has 0 saturated carbocycles. The third-order valence-electron chi connectivity index (χ3n) is 4.92. The molecular weight excluding hydrogens is 500 g/mol. The van der Waals surface area contributed by atoms with Gasteiger partial charge in [0, 0.05) is 26.9 Å². The van der Waals surface area contributed by atoms with Gasteiger partial charge < -0.3 is 20.1 Å². The molecular formula is C25H22N4O5S2. The molecule has 2 aromatic heterocycles. The number of ether oxygens (including phenoxy) is 2. The lowest BCUT2D eigenvalue weighted by Gasteiger charge is -2.07. The van der Waals surface area contributed by atoms with Crippen LogP contribution in [0.5, 0.6) is 10.4 Å². The fraction of sp³-hybridized carbons (Fsp3) is 0.160. The average Bonchev–Trinajstić information content (AvgIpc) is 3.42. The number of hydrogen-bond donors (Lipinski definition) is 1. The predicted molar refractivity (Wildman–Crippen MR) is 136 cm³/mol. The minimum atomic E-state index is -1.02. The number of hydrogen-bond acceptors (Lipinski definition) is 9. The van der Waals surface area contributed by atoms with Crippen molar-refractivity contribution >= 4 is 40.6 Å². The van der Waals surface area contributed by atoms with Gasteiger partial charge in [-0.3, -0.25) is 4.79 Å². The van der Waals surface area contributed by atoms with Crippen molar-refractivity contribution in [2.24, 2.45) is 5.73 Å². The Hall–Kier alpha value is -4.09. The molecule has 2 aromatic carbocycles. The molecule has 4 rings (SSSR count). The molecule has 0 radical (unpaired) electrons. The number of nitrogens with two attached hydrogens (primary N) is 1. The Kier molecular flexibility index (Phi) is 7.71. The Morgan fingerprint density at radius 2 is 1.22 bits per heavy atom. The topological polar surface area (TPSA) is 125 Å². The molecule has 0 aliphatic heterocycles. The maximum absolute atomic E-state index is 13.8. The smallest absolute Gasteiger partial charge is 0.381 e. The highest BCUT2D eigenvalue weighted by Gasteiger charge is 2.27. The second kappa shape index (κ2) is 11.1. The lowest BCUT2D eigenvalue weighted by molar-refractivity contribution is 0.104. The first-order valence-corrected chi connectivity index (χ1v) is 12.4. The summed E-state index contributed by atoms with van der Waals surface area (Å²) in [4.78, 5) is 47.9. The number of carbonyl (C=O) groups is 3. The summed E-state index contributed by atoms with van der Waals surface area (Å²) in [5, 5.41) is 0.0379. The van der Waals surface area contributed by atoms with Crippen molar-refractivity contribution in [1.29, 1.82) is 0 Å². The summed E-state index contributed by atoms with van der Waals surface area (Å²) in [5.41, 5.74) is 7.94. The fourth-order valence-corrected chi connectivity index (χ4v) is 5.10. The van der Waals surface area contributed by atoms with Gasteiger partial charge in [-0.25, -0.2) is 19.6 Å². The van der Waals surface area contributed by atoms with Gasteiger partial charge in [0.2, 0.25) is 5.78 Å². The standard InChI is InChI=1S/C25H22N4O5S2/c1-29(2)25(32)34-24-28-18(14-16-11-7-4-8-12-16)21(36-24)19(30)20-17(13-15-9-5-3-6-10-15)27-23(35-20)33-22(26)31/h3-12H,13-14H2,1-2H3,(H2,26,31). The molecule has 0 spiro atoms. The zero-order valence-electron chi connectivity index (χ0n) is 19.5. The van der Waals surface area contributed by atoms with Crippen LogP contribution >= 0.6 is 22.7 Å². The van der Waals surface area contributed by atoms with Crippen molar-refractivity contribution in [2.75, 3.05) is 14.1 Å². The van der Waals surface area contributed by atoms with E-state index in [4.69, 9.17) is 15.2 Å². The summed E-state index contributed by atoms with van der Waals surface area (Å²) < 4.78 is 10.3. The summed E-state index contributed by atoms with van der Waals surface area (Å²) in [5.74, 6) is -0.353. The van der Waals surface area contributed by atoms with E-state index >= 15 is 0 Å². The van der Waals surface area contributed by atoms with E-state index in [2.05, 4.69) is 9.97 Å². The molecule has 0 saturated heterocycles. The van der Waals surface area contributed by atoms with Crippen molar-refractivity contribution < 1.29 is 23.9 Å². The number of ketones is 1. The van der Waals surface area contributed by atoms with Gasteiger partial charge in [0.05, 0.1) is 11.4 Å². The van der Waals surface area contributed by atoms with E-state index in [0.29, 0.717) is 34.0 Å². The van der Waals surface area contributed by atoms with Crippen molar-refractivity contribution in [3.05, 3.63) is 92.9 Å². The van der Waals surface area contributed by atoms with Crippen LogP contribution in [0.1, 0.15) is 37.1 Å². The number of carbonyl (C=O) groups excluding carboxylic acids is 3. The Balaban J connectivity index is 1.74. The zero-order chi connectivity index (χ0) is 25.7. The van der Waals surface area contributed by atoms with Crippen LogP contribution in [-0.4, -0.2) is 46.9 Å². The van der Waals surface area contributed by atoms with E-state index < -0.39 is 12.2 Å². The Morgan fingerprint density at radius 3 is 1.64 bits per heavy atom. The number of aromatic nitrogens is 2. The molecule has 0 aliphatic rings. The third-order valence-corrected chi connectivity index (χ3v) is 6.87. The summed E-state index contributed by atoms with van der Waals surface area (Å²) in [7, 11) is 3.11. The van der Waals surface area contributed by atoms with E-state index in [1.165, 1.54) is 4.90 Å². The number of benzene rings is 2. The maximum Gasteiger partial charge on any atom is 0.416 e. The molecule has 0 unspecified atom stereocenters. The minimum Gasteiger partial charge on any atom is -0.381 e. The summed E-state index contributed by atoms with van der Waals surface area (Å²) in [6.45, 7) is 0. The molecule has 2 N–H and O–H groups in total.